The molecule has 6 heteroatoms. The maximum Gasteiger partial charge on any atom is 0.270 e. The molecule has 1 atom stereocenters. The van der Waals surface area contributed by atoms with Crippen molar-refractivity contribution in [3.63, 3.8) is 0 Å². The number of rotatable bonds is 3. The minimum absolute atomic E-state index is 0.0518. The molecule has 0 aliphatic carbocycles. The lowest BCUT2D eigenvalue weighted by Crippen LogP contribution is -2.56. The highest BCUT2D eigenvalue weighted by atomic mass is 32.1. The van der Waals surface area contributed by atoms with E-state index in [-0.39, 0.29) is 16.2 Å². The number of carbonyl (C=O) groups is 2. The molecule has 0 saturated carbocycles. The third-order valence-corrected chi connectivity index (χ3v) is 7.96. The Morgan fingerprint density at radius 1 is 0.892 bits per heavy atom. The van der Waals surface area contributed by atoms with E-state index in [9.17, 15) is 9.59 Å². The number of amides is 2. The summed E-state index contributed by atoms with van der Waals surface area (Å²) in [5.41, 5.74) is 5.68. The number of fused-ring (bicyclic) bond motifs is 1. The van der Waals surface area contributed by atoms with Crippen LogP contribution in [0.3, 0.4) is 0 Å². The lowest BCUT2D eigenvalue weighted by molar-refractivity contribution is -0.120. The highest BCUT2D eigenvalue weighted by Crippen LogP contribution is 2.44. The predicted molar refractivity (Wildman–Crippen MR) is 155 cm³/mol. The summed E-state index contributed by atoms with van der Waals surface area (Å²) in [6.45, 7) is 8.79. The van der Waals surface area contributed by atoms with Crippen LogP contribution in [0.2, 0.25) is 0 Å². The second-order valence-electron chi connectivity index (χ2n) is 10.5. The van der Waals surface area contributed by atoms with Crippen LogP contribution < -0.4 is 14.7 Å². The number of nitrogens with zero attached hydrogens (tertiary/aromatic N) is 3. The minimum Gasteiger partial charge on any atom is -0.369 e. The van der Waals surface area contributed by atoms with Crippen LogP contribution in [0.25, 0.3) is 6.08 Å². The van der Waals surface area contributed by atoms with Gasteiger partial charge in [0.05, 0.1) is 11.4 Å². The van der Waals surface area contributed by atoms with Crippen molar-refractivity contribution in [1.82, 2.24) is 0 Å². The Morgan fingerprint density at radius 3 is 1.92 bits per heavy atom. The number of anilines is 3. The number of hydrogen-bond acceptors (Lipinski definition) is 4. The molecule has 0 radical (unpaired) electrons. The highest BCUT2D eigenvalue weighted by Gasteiger charge is 2.41. The standard InChI is InChI=1S/C31H31N3O2S/c1-20-16-27-25(21(2)19-31(3,4)32(27)5)17-22(20)18-26-28(35)33(23-12-8-6-9-13-23)30(37)34(29(26)36)24-14-10-7-11-15-24/h6-18,21H,19H2,1-5H3. The van der Waals surface area contributed by atoms with Crippen molar-refractivity contribution in [3.05, 3.63) is 95.1 Å². The van der Waals surface area contributed by atoms with Gasteiger partial charge >= 0.3 is 0 Å². The van der Waals surface area contributed by atoms with Gasteiger partial charge in [0.25, 0.3) is 11.8 Å². The maximum absolute atomic E-state index is 13.8. The molecule has 3 aromatic rings. The summed E-state index contributed by atoms with van der Waals surface area (Å²) < 4.78 is 0. The first-order valence-electron chi connectivity index (χ1n) is 12.5. The third-order valence-electron chi connectivity index (χ3n) is 7.60. The molecule has 0 bridgehead atoms. The first-order valence-corrected chi connectivity index (χ1v) is 12.9. The smallest absolute Gasteiger partial charge is 0.270 e. The van der Waals surface area contributed by atoms with Crippen LogP contribution in [0.1, 0.15) is 49.8 Å². The molecule has 5 nitrogen and oxygen atoms in total. The Labute approximate surface area is 224 Å². The number of benzene rings is 3. The fourth-order valence-corrected chi connectivity index (χ4v) is 5.76. The molecule has 2 aliphatic heterocycles. The normalized spacial score (nSPS) is 19.3. The van der Waals surface area contributed by atoms with Crippen molar-refractivity contribution >= 4 is 52.3 Å². The van der Waals surface area contributed by atoms with Gasteiger partial charge in [-0.2, -0.15) is 0 Å². The van der Waals surface area contributed by atoms with E-state index >= 15 is 0 Å². The van der Waals surface area contributed by atoms with Crippen LogP contribution in [-0.4, -0.2) is 29.5 Å². The van der Waals surface area contributed by atoms with Gasteiger partial charge in [-0.15, -0.1) is 0 Å². The van der Waals surface area contributed by atoms with E-state index < -0.39 is 11.8 Å². The summed E-state index contributed by atoms with van der Waals surface area (Å²) in [4.78, 5) is 32.9. The largest absolute Gasteiger partial charge is 0.369 e. The van der Waals surface area contributed by atoms with Crippen molar-refractivity contribution in [2.45, 2.75) is 45.6 Å². The van der Waals surface area contributed by atoms with Crippen molar-refractivity contribution in [1.29, 1.82) is 0 Å². The van der Waals surface area contributed by atoms with E-state index in [0.29, 0.717) is 17.3 Å². The van der Waals surface area contributed by atoms with Gasteiger partial charge in [-0.05, 0) is 104 Å². The van der Waals surface area contributed by atoms with Crippen LogP contribution in [-0.2, 0) is 9.59 Å². The predicted octanol–water partition coefficient (Wildman–Crippen LogP) is 6.47. The number of para-hydroxylation sites is 2. The number of thiocarbonyl (C=S) groups is 1. The minimum atomic E-state index is -0.420. The molecule has 3 aromatic carbocycles. The van der Waals surface area contributed by atoms with Crippen LogP contribution in [0.15, 0.2) is 78.4 Å². The first kappa shape index (κ1) is 24.9. The molecule has 0 N–H and O–H groups in total. The SMILES string of the molecule is Cc1cc2c(cc1C=C1C(=O)N(c3ccccc3)C(=S)N(c3ccccc3)C1=O)C(C)CC(C)(C)N2C. The summed E-state index contributed by atoms with van der Waals surface area (Å²) in [6.07, 6.45) is 2.76. The van der Waals surface area contributed by atoms with Gasteiger partial charge in [-0.25, -0.2) is 0 Å². The third kappa shape index (κ3) is 4.25. The highest BCUT2D eigenvalue weighted by molar-refractivity contribution is 7.81. The summed E-state index contributed by atoms with van der Waals surface area (Å²) in [7, 11) is 2.13. The molecule has 2 amide bonds. The van der Waals surface area contributed by atoms with Crippen molar-refractivity contribution in [2.24, 2.45) is 0 Å². The summed E-state index contributed by atoms with van der Waals surface area (Å²) >= 11 is 5.72. The van der Waals surface area contributed by atoms with Crippen molar-refractivity contribution in [2.75, 3.05) is 21.7 Å². The first-order chi connectivity index (χ1) is 17.6. The van der Waals surface area contributed by atoms with E-state index in [4.69, 9.17) is 12.2 Å². The van der Waals surface area contributed by atoms with Gasteiger partial charge in [0, 0.05) is 18.3 Å². The van der Waals surface area contributed by atoms with Gasteiger partial charge in [0.2, 0.25) is 0 Å². The molecule has 37 heavy (non-hydrogen) atoms. The van der Waals surface area contributed by atoms with Crippen LogP contribution in [0.4, 0.5) is 17.1 Å². The van der Waals surface area contributed by atoms with Crippen LogP contribution in [0, 0.1) is 6.92 Å². The topological polar surface area (TPSA) is 43.9 Å². The number of carbonyl (C=O) groups excluding carboxylic acids is 2. The van der Waals surface area contributed by atoms with Crippen LogP contribution >= 0.6 is 12.2 Å². The van der Waals surface area contributed by atoms with E-state index in [1.54, 1.807) is 6.08 Å². The van der Waals surface area contributed by atoms with Gasteiger partial charge in [-0.3, -0.25) is 19.4 Å². The Hall–Kier alpha value is -3.77. The molecule has 1 saturated heterocycles. The molecule has 188 valence electrons. The molecule has 0 aromatic heterocycles. The summed E-state index contributed by atoms with van der Waals surface area (Å²) in [5, 5.41) is 0.143. The van der Waals surface area contributed by atoms with E-state index in [2.05, 4.69) is 44.9 Å². The fourth-order valence-electron chi connectivity index (χ4n) is 5.38. The zero-order valence-corrected chi connectivity index (χ0v) is 22.7. The molecule has 5 rings (SSSR count). The molecule has 2 aliphatic rings. The molecular formula is C31H31N3O2S. The van der Waals surface area contributed by atoms with Crippen LogP contribution in [0.5, 0.6) is 0 Å². The lowest BCUT2D eigenvalue weighted by Gasteiger charge is -2.45. The lowest BCUT2D eigenvalue weighted by atomic mass is 9.79. The Morgan fingerprint density at radius 2 is 1.41 bits per heavy atom. The van der Waals surface area contributed by atoms with Gasteiger partial charge in [0.15, 0.2) is 5.11 Å². The van der Waals surface area contributed by atoms with Gasteiger partial charge in [-0.1, -0.05) is 43.3 Å². The number of hydrogen-bond donors (Lipinski definition) is 0. The van der Waals surface area contributed by atoms with Crippen molar-refractivity contribution in [3.8, 4) is 0 Å². The fraction of sp³-hybridized carbons (Fsp3) is 0.258. The second-order valence-corrected chi connectivity index (χ2v) is 10.9. The molecule has 1 unspecified atom stereocenters. The Bertz CT molecular complexity index is 1370. The summed E-state index contributed by atoms with van der Waals surface area (Å²) in [6, 6.07) is 22.8. The van der Waals surface area contributed by atoms with E-state index in [0.717, 1.165) is 17.5 Å². The summed E-state index contributed by atoms with van der Waals surface area (Å²) in [5.74, 6) is -0.487. The average Bonchev–Trinajstić information content (AvgIpc) is 2.87. The molecule has 1 fully saturated rings. The zero-order valence-electron chi connectivity index (χ0n) is 21.9. The van der Waals surface area contributed by atoms with Gasteiger partial charge < -0.3 is 4.90 Å². The number of aryl methyl sites for hydroxylation is 1. The van der Waals surface area contributed by atoms with E-state index in [1.807, 2.05) is 67.6 Å². The molecule has 2 heterocycles. The molecule has 0 spiro atoms. The van der Waals surface area contributed by atoms with Gasteiger partial charge in [0.1, 0.15) is 5.57 Å². The quantitative estimate of drug-likeness (QED) is 0.231. The Kier molecular flexibility index (Phi) is 6.24. The molecular weight excluding hydrogens is 478 g/mol. The van der Waals surface area contributed by atoms with E-state index in [1.165, 1.54) is 21.1 Å². The zero-order chi connectivity index (χ0) is 26.5. The monoisotopic (exact) mass is 509 g/mol. The van der Waals surface area contributed by atoms with Crippen molar-refractivity contribution < 1.29 is 9.59 Å². The maximum atomic E-state index is 13.8. The average molecular weight is 510 g/mol. The Balaban J connectivity index is 1.65. The second kappa shape index (κ2) is 9.27.